The van der Waals surface area contributed by atoms with Gasteiger partial charge in [0.2, 0.25) is 0 Å². The van der Waals surface area contributed by atoms with Crippen LogP contribution in [0.3, 0.4) is 0 Å². The molecule has 2 aromatic carbocycles. The molecule has 112 valence electrons. The maximum Gasteiger partial charge on any atom is 0.0471 e. The largest absolute Gasteiger partial charge is 0.344 e. The summed E-state index contributed by atoms with van der Waals surface area (Å²) in [4.78, 5) is 2.17. The van der Waals surface area contributed by atoms with Gasteiger partial charge < -0.3 is 10.2 Å². The van der Waals surface area contributed by atoms with E-state index in [4.69, 9.17) is 11.6 Å². The second kappa shape index (κ2) is 6.97. The van der Waals surface area contributed by atoms with Crippen molar-refractivity contribution in [2.45, 2.75) is 33.4 Å². The van der Waals surface area contributed by atoms with Gasteiger partial charge in [-0.15, -0.1) is 0 Å². The highest BCUT2D eigenvalue weighted by Crippen LogP contribution is 2.29. The van der Waals surface area contributed by atoms with Gasteiger partial charge in [-0.1, -0.05) is 49.7 Å². The van der Waals surface area contributed by atoms with Crippen LogP contribution in [0.25, 0.3) is 0 Å². The fraction of sp³-hybridized carbons (Fsp3) is 0.333. The van der Waals surface area contributed by atoms with Crippen LogP contribution >= 0.6 is 11.6 Å². The van der Waals surface area contributed by atoms with Crippen LogP contribution in [0.2, 0.25) is 5.02 Å². The maximum atomic E-state index is 6.42. The number of para-hydroxylation sites is 1. The van der Waals surface area contributed by atoms with E-state index in [-0.39, 0.29) is 0 Å². The van der Waals surface area contributed by atoms with Crippen LogP contribution in [0.5, 0.6) is 0 Å². The highest BCUT2D eigenvalue weighted by Gasteiger charge is 2.09. The first-order chi connectivity index (χ1) is 9.99. The third-order valence-electron chi connectivity index (χ3n) is 3.60. The predicted molar refractivity (Wildman–Crippen MR) is 92.7 cm³/mol. The summed E-state index contributed by atoms with van der Waals surface area (Å²) in [6.45, 7) is 7.18. The Hall–Kier alpha value is -1.51. The summed E-state index contributed by atoms with van der Waals surface area (Å²) in [5.41, 5.74) is 4.68. The molecule has 0 saturated carbocycles. The number of nitrogens with one attached hydrogen (secondary N) is 1. The van der Waals surface area contributed by atoms with Gasteiger partial charge in [-0.05, 0) is 36.2 Å². The Labute approximate surface area is 132 Å². The molecule has 0 heterocycles. The second-order valence-corrected chi connectivity index (χ2v) is 6.06. The minimum Gasteiger partial charge on any atom is -0.344 e. The lowest BCUT2D eigenvalue weighted by molar-refractivity contribution is 0.589. The van der Waals surface area contributed by atoms with Crippen molar-refractivity contribution in [2.24, 2.45) is 0 Å². The summed E-state index contributed by atoms with van der Waals surface area (Å²) in [6, 6.07) is 15.1. The van der Waals surface area contributed by atoms with E-state index in [1.807, 2.05) is 6.07 Å². The molecule has 0 spiro atoms. The average molecular weight is 303 g/mol. The van der Waals surface area contributed by atoms with Crippen LogP contribution in [-0.2, 0) is 6.54 Å². The SMILES string of the molecule is Cc1ccccc1N(C)c1ccc(CNC(C)C)c(Cl)c1. The van der Waals surface area contributed by atoms with Gasteiger partial charge in [0.25, 0.3) is 0 Å². The monoisotopic (exact) mass is 302 g/mol. The number of hydrogen-bond acceptors (Lipinski definition) is 2. The van der Waals surface area contributed by atoms with Gasteiger partial charge in [0.1, 0.15) is 0 Å². The van der Waals surface area contributed by atoms with E-state index in [1.54, 1.807) is 0 Å². The summed E-state index contributed by atoms with van der Waals surface area (Å²) in [7, 11) is 2.07. The summed E-state index contributed by atoms with van der Waals surface area (Å²) in [5, 5.41) is 4.20. The fourth-order valence-corrected chi connectivity index (χ4v) is 2.52. The molecule has 0 aliphatic rings. The number of anilines is 2. The zero-order valence-corrected chi connectivity index (χ0v) is 13.9. The molecule has 21 heavy (non-hydrogen) atoms. The van der Waals surface area contributed by atoms with Crippen molar-refractivity contribution in [1.82, 2.24) is 5.32 Å². The fourth-order valence-electron chi connectivity index (χ4n) is 2.28. The first-order valence-electron chi connectivity index (χ1n) is 7.30. The molecular formula is C18H23ClN2. The lowest BCUT2D eigenvalue weighted by Crippen LogP contribution is -2.22. The maximum absolute atomic E-state index is 6.42. The number of hydrogen-bond donors (Lipinski definition) is 1. The van der Waals surface area contributed by atoms with Crippen LogP contribution < -0.4 is 10.2 Å². The van der Waals surface area contributed by atoms with Crippen molar-refractivity contribution in [3.8, 4) is 0 Å². The van der Waals surface area contributed by atoms with Crippen molar-refractivity contribution >= 4 is 23.0 Å². The van der Waals surface area contributed by atoms with E-state index < -0.39 is 0 Å². The minimum atomic E-state index is 0.454. The molecule has 0 fully saturated rings. The van der Waals surface area contributed by atoms with Gasteiger partial charge in [0, 0.05) is 36.0 Å². The first kappa shape index (κ1) is 15.9. The molecule has 0 amide bonds. The van der Waals surface area contributed by atoms with E-state index in [2.05, 4.69) is 74.4 Å². The Kier molecular flexibility index (Phi) is 5.27. The second-order valence-electron chi connectivity index (χ2n) is 5.66. The van der Waals surface area contributed by atoms with E-state index in [1.165, 1.54) is 11.3 Å². The van der Waals surface area contributed by atoms with Crippen LogP contribution in [0, 0.1) is 6.92 Å². The molecule has 0 saturated heterocycles. The molecular weight excluding hydrogens is 280 g/mol. The molecule has 2 rings (SSSR count). The van der Waals surface area contributed by atoms with Crippen molar-refractivity contribution in [3.63, 3.8) is 0 Å². The molecule has 0 bridgehead atoms. The number of aryl methyl sites for hydroxylation is 1. The first-order valence-corrected chi connectivity index (χ1v) is 7.68. The highest BCUT2D eigenvalue weighted by atomic mass is 35.5. The third-order valence-corrected chi connectivity index (χ3v) is 3.95. The topological polar surface area (TPSA) is 15.3 Å². The smallest absolute Gasteiger partial charge is 0.0471 e. The number of benzene rings is 2. The molecule has 2 aromatic rings. The van der Waals surface area contributed by atoms with Crippen LogP contribution in [0.1, 0.15) is 25.0 Å². The van der Waals surface area contributed by atoms with E-state index in [9.17, 15) is 0 Å². The molecule has 0 aliphatic carbocycles. The summed E-state index contributed by atoms with van der Waals surface area (Å²) < 4.78 is 0. The number of halogens is 1. The normalized spacial score (nSPS) is 11.0. The van der Waals surface area contributed by atoms with Crippen LogP contribution in [0.4, 0.5) is 11.4 Å². The van der Waals surface area contributed by atoms with Gasteiger partial charge in [0.15, 0.2) is 0 Å². The summed E-state index contributed by atoms with van der Waals surface area (Å²) in [5.74, 6) is 0. The zero-order valence-electron chi connectivity index (χ0n) is 13.2. The lowest BCUT2D eigenvalue weighted by Gasteiger charge is -2.22. The van der Waals surface area contributed by atoms with Gasteiger partial charge in [-0.3, -0.25) is 0 Å². The van der Waals surface area contributed by atoms with E-state index in [0.29, 0.717) is 6.04 Å². The third kappa shape index (κ3) is 3.99. The minimum absolute atomic E-state index is 0.454. The Balaban J connectivity index is 2.21. The zero-order chi connectivity index (χ0) is 15.4. The average Bonchev–Trinajstić information content (AvgIpc) is 2.45. The van der Waals surface area contributed by atoms with Crippen LogP contribution in [-0.4, -0.2) is 13.1 Å². The molecule has 3 heteroatoms. The predicted octanol–water partition coefficient (Wildman–Crippen LogP) is 4.91. The molecule has 0 aromatic heterocycles. The van der Waals surface area contributed by atoms with Gasteiger partial charge in [-0.2, -0.15) is 0 Å². The number of nitrogens with zero attached hydrogens (tertiary/aromatic N) is 1. The Bertz CT molecular complexity index is 608. The molecule has 0 atom stereocenters. The van der Waals surface area contributed by atoms with Crippen molar-refractivity contribution in [3.05, 3.63) is 58.6 Å². The summed E-state index contributed by atoms with van der Waals surface area (Å²) in [6.07, 6.45) is 0. The van der Waals surface area contributed by atoms with Gasteiger partial charge in [0.05, 0.1) is 0 Å². The highest BCUT2D eigenvalue weighted by molar-refractivity contribution is 6.31. The summed E-state index contributed by atoms with van der Waals surface area (Å²) >= 11 is 6.42. The standard InChI is InChI=1S/C18H23ClN2/c1-13(2)20-12-15-9-10-16(11-17(15)19)21(4)18-8-6-5-7-14(18)3/h5-11,13,20H,12H2,1-4H3. The van der Waals surface area contributed by atoms with E-state index >= 15 is 0 Å². The molecule has 1 N–H and O–H groups in total. The van der Waals surface area contributed by atoms with Crippen molar-refractivity contribution in [2.75, 3.05) is 11.9 Å². The lowest BCUT2D eigenvalue weighted by atomic mass is 10.1. The van der Waals surface area contributed by atoms with Gasteiger partial charge in [-0.25, -0.2) is 0 Å². The molecule has 2 nitrogen and oxygen atoms in total. The van der Waals surface area contributed by atoms with Crippen LogP contribution in [0.15, 0.2) is 42.5 Å². The Morgan fingerprint density at radius 3 is 2.48 bits per heavy atom. The molecule has 0 aliphatic heterocycles. The van der Waals surface area contributed by atoms with Crippen molar-refractivity contribution in [1.29, 1.82) is 0 Å². The number of rotatable bonds is 5. The van der Waals surface area contributed by atoms with Crippen molar-refractivity contribution < 1.29 is 0 Å². The molecule has 0 unspecified atom stereocenters. The van der Waals surface area contributed by atoms with E-state index in [0.717, 1.165) is 22.8 Å². The molecule has 0 radical (unpaired) electrons. The Morgan fingerprint density at radius 1 is 1.14 bits per heavy atom. The van der Waals surface area contributed by atoms with Gasteiger partial charge >= 0.3 is 0 Å². The Morgan fingerprint density at radius 2 is 1.86 bits per heavy atom. The quantitative estimate of drug-likeness (QED) is 0.844.